The summed E-state index contributed by atoms with van der Waals surface area (Å²) < 4.78 is 17.3. The molecule has 0 unspecified atom stereocenters. The first-order valence-corrected chi connectivity index (χ1v) is 6.51. The van der Waals surface area contributed by atoms with Crippen LogP contribution in [0.2, 0.25) is 0 Å². The predicted molar refractivity (Wildman–Crippen MR) is 69.4 cm³/mol. The van der Waals surface area contributed by atoms with E-state index in [1.165, 1.54) is 0 Å². The molecule has 1 heterocycles. The third kappa shape index (κ3) is 3.98. The normalized spacial score (nSPS) is 17.5. The Labute approximate surface area is 110 Å². The van der Waals surface area contributed by atoms with Gasteiger partial charge < -0.3 is 14.2 Å². The summed E-state index contributed by atoms with van der Waals surface area (Å²) in [5, 5.41) is 0. The van der Waals surface area contributed by atoms with Crippen LogP contribution in [-0.4, -0.2) is 33.0 Å². The van der Waals surface area contributed by atoms with Gasteiger partial charge in [0.1, 0.15) is 12.4 Å². The van der Waals surface area contributed by atoms with Gasteiger partial charge in [0.25, 0.3) is 0 Å². The van der Waals surface area contributed by atoms with Crippen LogP contribution in [0.5, 0.6) is 5.75 Å². The minimum Gasteiger partial charge on any atom is -0.491 e. The maximum absolute atomic E-state index is 5.58. The molecule has 1 aliphatic heterocycles. The van der Waals surface area contributed by atoms with Gasteiger partial charge in [-0.1, -0.05) is 28.9 Å². The molecule has 0 bridgehead atoms. The van der Waals surface area contributed by atoms with Crippen LogP contribution in [0.4, 0.5) is 0 Å². The molecule has 1 fully saturated rings. The van der Waals surface area contributed by atoms with E-state index >= 15 is 0 Å². The van der Waals surface area contributed by atoms with Crippen LogP contribution in [0.25, 0.3) is 0 Å². The molecule has 2 rings (SSSR count). The Morgan fingerprint density at radius 1 is 1.35 bits per heavy atom. The van der Waals surface area contributed by atoms with Gasteiger partial charge in [-0.3, -0.25) is 0 Å². The van der Waals surface area contributed by atoms with E-state index in [0.29, 0.717) is 13.2 Å². The third-order valence-electron chi connectivity index (χ3n) is 2.64. The van der Waals surface area contributed by atoms with Crippen LogP contribution in [0.3, 0.4) is 0 Å². The Morgan fingerprint density at radius 2 is 2.18 bits per heavy atom. The van der Waals surface area contributed by atoms with Crippen molar-refractivity contribution < 1.29 is 14.2 Å². The lowest BCUT2D eigenvalue weighted by molar-refractivity contribution is -0.139. The Hall–Kier alpha value is -0.580. The molecule has 0 amide bonds. The van der Waals surface area contributed by atoms with Crippen LogP contribution in [-0.2, 0) is 9.47 Å². The van der Waals surface area contributed by atoms with Crippen molar-refractivity contribution in [2.24, 2.45) is 5.41 Å². The van der Waals surface area contributed by atoms with Gasteiger partial charge in [-0.25, -0.2) is 0 Å². The molecular formula is C13H17BrO3. The average Bonchev–Trinajstić information content (AvgIpc) is 2.26. The molecule has 1 saturated heterocycles. The molecule has 4 heteroatoms. The van der Waals surface area contributed by atoms with Gasteiger partial charge in [0.15, 0.2) is 0 Å². The van der Waals surface area contributed by atoms with Crippen molar-refractivity contribution in [2.45, 2.75) is 6.92 Å². The second-order valence-corrected chi connectivity index (χ2v) is 5.58. The van der Waals surface area contributed by atoms with Crippen LogP contribution in [0, 0.1) is 5.41 Å². The standard InChI is InChI=1S/C13H17BrO3/c1-13(9-16-10-13)8-15-5-6-17-12-4-2-3-11(14)7-12/h2-4,7H,5-6,8-10H2,1H3. The van der Waals surface area contributed by atoms with E-state index in [-0.39, 0.29) is 5.41 Å². The molecule has 0 radical (unpaired) electrons. The van der Waals surface area contributed by atoms with Crippen molar-refractivity contribution in [3.05, 3.63) is 28.7 Å². The lowest BCUT2D eigenvalue weighted by atomic mass is 9.90. The summed E-state index contributed by atoms with van der Waals surface area (Å²) in [4.78, 5) is 0. The van der Waals surface area contributed by atoms with Crippen LogP contribution < -0.4 is 4.74 Å². The van der Waals surface area contributed by atoms with Gasteiger partial charge in [-0.2, -0.15) is 0 Å². The first-order chi connectivity index (χ1) is 8.18. The molecule has 3 nitrogen and oxygen atoms in total. The molecular weight excluding hydrogens is 284 g/mol. The smallest absolute Gasteiger partial charge is 0.120 e. The van der Waals surface area contributed by atoms with Crippen molar-refractivity contribution in [1.82, 2.24) is 0 Å². The lowest BCUT2D eigenvalue weighted by Gasteiger charge is -2.37. The number of hydrogen-bond donors (Lipinski definition) is 0. The van der Waals surface area contributed by atoms with Crippen LogP contribution >= 0.6 is 15.9 Å². The molecule has 0 atom stereocenters. The van der Waals surface area contributed by atoms with Crippen molar-refractivity contribution in [3.63, 3.8) is 0 Å². The van der Waals surface area contributed by atoms with Gasteiger partial charge in [0.2, 0.25) is 0 Å². The second kappa shape index (κ2) is 5.85. The zero-order valence-corrected chi connectivity index (χ0v) is 11.5. The Kier molecular flexibility index (Phi) is 4.42. The molecule has 94 valence electrons. The second-order valence-electron chi connectivity index (χ2n) is 4.66. The minimum absolute atomic E-state index is 0.218. The number of halogens is 1. The molecule has 1 aromatic carbocycles. The fourth-order valence-electron chi connectivity index (χ4n) is 1.63. The van der Waals surface area contributed by atoms with Crippen LogP contribution in [0.1, 0.15) is 6.92 Å². The van der Waals surface area contributed by atoms with E-state index in [0.717, 1.165) is 30.0 Å². The average molecular weight is 301 g/mol. The number of hydrogen-bond acceptors (Lipinski definition) is 3. The van der Waals surface area contributed by atoms with E-state index in [9.17, 15) is 0 Å². The van der Waals surface area contributed by atoms with E-state index in [1.54, 1.807) is 0 Å². The highest BCUT2D eigenvalue weighted by Crippen LogP contribution is 2.26. The largest absolute Gasteiger partial charge is 0.491 e. The summed E-state index contributed by atoms with van der Waals surface area (Å²) in [6.07, 6.45) is 0. The highest BCUT2D eigenvalue weighted by Gasteiger charge is 2.33. The van der Waals surface area contributed by atoms with Gasteiger partial charge in [-0.15, -0.1) is 0 Å². The summed E-state index contributed by atoms with van der Waals surface area (Å²) in [5.74, 6) is 0.862. The topological polar surface area (TPSA) is 27.7 Å². The summed E-state index contributed by atoms with van der Waals surface area (Å²) in [7, 11) is 0. The van der Waals surface area contributed by atoms with Crippen molar-refractivity contribution in [2.75, 3.05) is 33.0 Å². The molecule has 0 aromatic heterocycles. The van der Waals surface area contributed by atoms with Gasteiger partial charge in [0.05, 0.1) is 26.4 Å². The van der Waals surface area contributed by atoms with Crippen LogP contribution in [0.15, 0.2) is 28.7 Å². The van der Waals surface area contributed by atoms with E-state index in [4.69, 9.17) is 14.2 Å². The molecule has 0 aliphatic carbocycles. The zero-order valence-electron chi connectivity index (χ0n) is 9.95. The van der Waals surface area contributed by atoms with Gasteiger partial charge in [0, 0.05) is 9.89 Å². The Morgan fingerprint density at radius 3 is 2.82 bits per heavy atom. The summed E-state index contributed by atoms with van der Waals surface area (Å²) in [6, 6.07) is 7.81. The number of benzene rings is 1. The highest BCUT2D eigenvalue weighted by atomic mass is 79.9. The fourth-order valence-corrected chi connectivity index (χ4v) is 2.01. The summed E-state index contributed by atoms with van der Waals surface area (Å²) in [5.41, 5.74) is 0.218. The minimum atomic E-state index is 0.218. The molecule has 0 spiro atoms. The lowest BCUT2D eigenvalue weighted by Crippen LogP contribution is -2.43. The summed E-state index contributed by atoms with van der Waals surface area (Å²) in [6.45, 7) is 5.72. The van der Waals surface area contributed by atoms with Crippen molar-refractivity contribution in [1.29, 1.82) is 0 Å². The Bertz CT molecular complexity index is 363. The Balaban J connectivity index is 1.60. The first kappa shape index (κ1) is 12.9. The van der Waals surface area contributed by atoms with E-state index in [1.807, 2.05) is 24.3 Å². The fraction of sp³-hybridized carbons (Fsp3) is 0.538. The van der Waals surface area contributed by atoms with Crippen molar-refractivity contribution >= 4 is 15.9 Å². The molecule has 0 saturated carbocycles. The maximum Gasteiger partial charge on any atom is 0.120 e. The summed E-state index contributed by atoms with van der Waals surface area (Å²) >= 11 is 3.40. The molecule has 1 aliphatic rings. The molecule has 1 aromatic rings. The SMILES string of the molecule is CC1(COCCOc2cccc(Br)c2)COC1. The van der Waals surface area contributed by atoms with Crippen molar-refractivity contribution in [3.8, 4) is 5.75 Å². The monoisotopic (exact) mass is 300 g/mol. The number of rotatable bonds is 6. The molecule has 0 N–H and O–H groups in total. The zero-order chi connectivity index (χ0) is 12.1. The number of ether oxygens (including phenoxy) is 3. The predicted octanol–water partition coefficient (Wildman–Crippen LogP) is 2.88. The highest BCUT2D eigenvalue weighted by molar-refractivity contribution is 9.10. The van der Waals surface area contributed by atoms with E-state index < -0.39 is 0 Å². The van der Waals surface area contributed by atoms with Gasteiger partial charge in [-0.05, 0) is 18.2 Å². The third-order valence-corrected chi connectivity index (χ3v) is 3.14. The quantitative estimate of drug-likeness (QED) is 0.756. The first-order valence-electron chi connectivity index (χ1n) is 5.72. The maximum atomic E-state index is 5.58. The molecule has 17 heavy (non-hydrogen) atoms. The van der Waals surface area contributed by atoms with Gasteiger partial charge >= 0.3 is 0 Å². The van der Waals surface area contributed by atoms with E-state index in [2.05, 4.69) is 22.9 Å².